The number of ether oxygens (including phenoxy) is 2. The van der Waals surface area contributed by atoms with E-state index in [4.69, 9.17) is 9.47 Å². The molecule has 1 N–H and O–H groups in total. The van der Waals surface area contributed by atoms with Crippen molar-refractivity contribution in [1.29, 1.82) is 0 Å². The number of imide groups is 2. The van der Waals surface area contributed by atoms with E-state index < -0.39 is 17.8 Å². The molecule has 4 amide bonds. The standard InChI is InChI=1S/C29H28N2O5/c1-5-21-8-6-7-9-25(21)31-28(33)24(27(32)30-29(31)34)15-22-10-11-23(35-4)16-26(22)36-17-20-13-18(2)12-19(3)14-20/h6-16H,5,17H2,1-4H3,(H,30,32,34)/b24-15-. The molecule has 4 rings (SSSR count). The summed E-state index contributed by atoms with van der Waals surface area (Å²) in [7, 11) is 1.55. The van der Waals surface area contributed by atoms with Crippen molar-refractivity contribution in [2.24, 2.45) is 0 Å². The van der Waals surface area contributed by atoms with Crippen LogP contribution >= 0.6 is 0 Å². The highest BCUT2D eigenvalue weighted by atomic mass is 16.5. The Bertz CT molecular complexity index is 1360. The lowest BCUT2D eigenvalue weighted by molar-refractivity contribution is -0.122. The summed E-state index contributed by atoms with van der Waals surface area (Å²) in [4.78, 5) is 39.8. The van der Waals surface area contributed by atoms with Crippen LogP contribution in [0.2, 0.25) is 0 Å². The van der Waals surface area contributed by atoms with E-state index >= 15 is 0 Å². The van der Waals surface area contributed by atoms with Crippen molar-refractivity contribution in [2.75, 3.05) is 12.0 Å². The van der Waals surface area contributed by atoms with Crippen molar-refractivity contribution in [1.82, 2.24) is 5.32 Å². The van der Waals surface area contributed by atoms with Crippen molar-refractivity contribution in [3.05, 3.63) is 94.1 Å². The van der Waals surface area contributed by atoms with Crippen LogP contribution in [0.5, 0.6) is 11.5 Å². The normalized spacial score (nSPS) is 14.7. The van der Waals surface area contributed by atoms with E-state index in [1.165, 1.54) is 6.08 Å². The lowest BCUT2D eigenvalue weighted by atomic mass is 10.0. The molecule has 0 aliphatic carbocycles. The van der Waals surface area contributed by atoms with Gasteiger partial charge in [0, 0.05) is 11.6 Å². The number of urea groups is 1. The molecule has 7 nitrogen and oxygen atoms in total. The molecular weight excluding hydrogens is 456 g/mol. The first-order valence-corrected chi connectivity index (χ1v) is 11.7. The topological polar surface area (TPSA) is 84.9 Å². The fourth-order valence-corrected chi connectivity index (χ4v) is 4.26. The van der Waals surface area contributed by atoms with Gasteiger partial charge in [-0.15, -0.1) is 0 Å². The Balaban J connectivity index is 1.71. The zero-order valence-corrected chi connectivity index (χ0v) is 20.8. The van der Waals surface area contributed by atoms with Crippen molar-refractivity contribution < 1.29 is 23.9 Å². The maximum Gasteiger partial charge on any atom is 0.335 e. The van der Waals surface area contributed by atoms with Crippen molar-refractivity contribution >= 4 is 29.6 Å². The highest BCUT2D eigenvalue weighted by Gasteiger charge is 2.37. The molecule has 0 atom stereocenters. The third-order valence-electron chi connectivity index (χ3n) is 5.91. The monoisotopic (exact) mass is 484 g/mol. The first-order chi connectivity index (χ1) is 17.3. The zero-order chi connectivity index (χ0) is 25.8. The smallest absolute Gasteiger partial charge is 0.335 e. The molecule has 1 aliphatic rings. The highest BCUT2D eigenvalue weighted by molar-refractivity contribution is 6.39. The van der Waals surface area contributed by atoms with Gasteiger partial charge in [-0.2, -0.15) is 0 Å². The summed E-state index contributed by atoms with van der Waals surface area (Å²) in [5.41, 5.74) is 4.86. The second kappa shape index (κ2) is 10.5. The average molecular weight is 485 g/mol. The first kappa shape index (κ1) is 24.7. The van der Waals surface area contributed by atoms with Crippen LogP contribution in [-0.2, 0) is 22.6 Å². The number of rotatable bonds is 7. The number of carbonyl (C=O) groups is 3. The molecule has 0 saturated carbocycles. The van der Waals surface area contributed by atoms with Gasteiger partial charge in [-0.1, -0.05) is 54.4 Å². The Hall–Kier alpha value is -4.39. The maximum atomic E-state index is 13.4. The van der Waals surface area contributed by atoms with E-state index in [1.807, 2.05) is 45.0 Å². The maximum absolute atomic E-state index is 13.4. The number of methoxy groups -OCH3 is 1. The number of carbonyl (C=O) groups excluding carboxylic acids is 3. The average Bonchev–Trinajstić information content (AvgIpc) is 2.85. The van der Waals surface area contributed by atoms with Gasteiger partial charge in [0.2, 0.25) is 0 Å². The predicted octanol–water partition coefficient (Wildman–Crippen LogP) is 5.12. The molecule has 1 aliphatic heterocycles. The molecule has 0 bridgehead atoms. The number of barbiturate groups is 1. The van der Waals surface area contributed by atoms with Crippen molar-refractivity contribution in [2.45, 2.75) is 33.8 Å². The SMILES string of the molecule is CCc1ccccc1N1C(=O)NC(=O)/C(=C/c2ccc(OC)cc2OCc2cc(C)cc(C)c2)C1=O. The van der Waals surface area contributed by atoms with Gasteiger partial charge in [-0.25, -0.2) is 9.69 Å². The van der Waals surface area contributed by atoms with Crippen LogP contribution < -0.4 is 19.7 Å². The summed E-state index contributed by atoms with van der Waals surface area (Å²) in [5, 5.41) is 2.29. The molecule has 3 aromatic carbocycles. The zero-order valence-electron chi connectivity index (χ0n) is 20.8. The summed E-state index contributed by atoms with van der Waals surface area (Å²) < 4.78 is 11.5. The number of benzene rings is 3. The van der Waals surface area contributed by atoms with E-state index in [-0.39, 0.29) is 5.57 Å². The van der Waals surface area contributed by atoms with Crippen molar-refractivity contribution in [3.8, 4) is 11.5 Å². The molecular formula is C29H28N2O5. The van der Waals surface area contributed by atoms with Gasteiger partial charge in [-0.3, -0.25) is 14.9 Å². The lowest BCUT2D eigenvalue weighted by Crippen LogP contribution is -2.54. The van der Waals surface area contributed by atoms with Gasteiger partial charge in [0.1, 0.15) is 23.7 Å². The fourth-order valence-electron chi connectivity index (χ4n) is 4.26. The third-order valence-corrected chi connectivity index (χ3v) is 5.91. The second-order valence-electron chi connectivity index (χ2n) is 8.63. The summed E-state index contributed by atoms with van der Waals surface area (Å²) in [6.07, 6.45) is 2.07. The van der Waals surface area contributed by atoms with Gasteiger partial charge in [0.25, 0.3) is 11.8 Å². The number of nitrogens with zero attached hydrogens (tertiary/aromatic N) is 1. The number of para-hydroxylation sites is 1. The van der Waals surface area contributed by atoms with Crippen LogP contribution in [0.15, 0.2) is 66.2 Å². The van der Waals surface area contributed by atoms with Gasteiger partial charge in [0.15, 0.2) is 0 Å². The molecule has 0 radical (unpaired) electrons. The minimum Gasteiger partial charge on any atom is -0.497 e. The summed E-state index contributed by atoms with van der Waals surface area (Å²) in [6, 6.07) is 17.6. The largest absolute Gasteiger partial charge is 0.497 e. The van der Waals surface area contributed by atoms with Crippen LogP contribution in [0.1, 0.15) is 34.7 Å². The number of anilines is 1. The number of aryl methyl sites for hydroxylation is 3. The molecule has 3 aromatic rings. The Kier molecular flexibility index (Phi) is 7.20. The van der Waals surface area contributed by atoms with Crippen LogP contribution in [0.3, 0.4) is 0 Å². The summed E-state index contributed by atoms with van der Waals surface area (Å²) in [6.45, 7) is 6.27. The Morgan fingerprint density at radius 3 is 2.36 bits per heavy atom. The minimum atomic E-state index is -0.774. The molecule has 184 valence electrons. The number of nitrogens with one attached hydrogen (secondary N) is 1. The summed E-state index contributed by atoms with van der Waals surface area (Å²) in [5.74, 6) is -0.438. The van der Waals surface area contributed by atoms with Crippen LogP contribution in [0.4, 0.5) is 10.5 Å². The highest BCUT2D eigenvalue weighted by Crippen LogP contribution is 2.30. The van der Waals surface area contributed by atoms with Gasteiger partial charge in [0.05, 0.1) is 12.8 Å². The van der Waals surface area contributed by atoms with Crippen LogP contribution in [0, 0.1) is 13.8 Å². The number of amides is 4. The Morgan fingerprint density at radius 2 is 1.67 bits per heavy atom. The van der Waals surface area contributed by atoms with E-state index in [1.54, 1.807) is 37.4 Å². The number of hydrogen-bond donors (Lipinski definition) is 1. The molecule has 0 aromatic heterocycles. The number of hydrogen-bond acceptors (Lipinski definition) is 5. The molecule has 1 heterocycles. The quantitative estimate of drug-likeness (QED) is 0.372. The fraction of sp³-hybridized carbons (Fsp3) is 0.207. The molecule has 7 heteroatoms. The van der Waals surface area contributed by atoms with Crippen LogP contribution in [-0.4, -0.2) is 25.0 Å². The van der Waals surface area contributed by atoms with E-state index in [2.05, 4.69) is 11.4 Å². The molecule has 0 spiro atoms. The summed E-state index contributed by atoms with van der Waals surface area (Å²) >= 11 is 0. The third kappa shape index (κ3) is 5.15. The second-order valence-corrected chi connectivity index (χ2v) is 8.63. The Morgan fingerprint density at radius 1 is 0.944 bits per heavy atom. The predicted molar refractivity (Wildman–Crippen MR) is 138 cm³/mol. The minimum absolute atomic E-state index is 0.165. The van der Waals surface area contributed by atoms with Gasteiger partial charge < -0.3 is 9.47 Å². The van der Waals surface area contributed by atoms with Crippen molar-refractivity contribution in [3.63, 3.8) is 0 Å². The first-order valence-electron chi connectivity index (χ1n) is 11.7. The Labute approximate surface area is 210 Å². The van der Waals surface area contributed by atoms with Gasteiger partial charge >= 0.3 is 6.03 Å². The van der Waals surface area contributed by atoms with Crippen LogP contribution in [0.25, 0.3) is 6.08 Å². The van der Waals surface area contributed by atoms with E-state index in [0.717, 1.165) is 27.2 Å². The molecule has 0 unspecified atom stereocenters. The molecule has 36 heavy (non-hydrogen) atoms. The van der Waals surface area contributed by atoms with E-state index in [0.29, 0.717) is 35.8 Å². The van der Waals surface area contributed by atoms with Gasteiger partial charge in [-0.05, 0) is 55.7 Å². The lowest BCUT2D eigenvalue weighted by Gasteiger charge is -2.28. The van der Waals surface area contributed by atoms with E-state index in [9.17, 15) is 14.4 Å². The molecule has 1 fully saturated rings. The molecule has 1 saturated heterocycles.